The van der Waals surface area contributed by atoms with E-state index in [1.165, 1.54) is 6.07 Å². The SMILES string of the molecule is C[SiH](C)OC(c1cc(=O)c(O)c(CO)o1)C(C)(C)C. The Morgan fingerprint density at radius 1 is 1.42 bits per heavy atom. The van der Waals surface area contributed by atoms with Gasteiger partial charge in [-0.15, -0.1) is 0 Å². The van der Waals surface area contributed by atoms with Crippen molar-refractivity contribution < 1.29 is 19.1 Å². The van der Waals surface area contributed by atoms with Crippen LogP contribution in [0.3, 0.4) is 0 Å². The highest BCUT2D eigenvalue weighted by Gasteiger charge is 2.31. The van der Waals surface area contributed by atoms with Gasteiger partial charge in [0.15, 0.2) is 14.8 Å². The first-order valence-corrected chi connectivity index (χ1v) is 9.07. The summed E-state index contributed by atoms with van der Waals surface area (Å²) < 4.78 is 11.4. The Labute approximate surface area is 114 Å². The van der Waals surface area contributed by atoms with Crippen LogP contribution in [0.4, 0.5) is 0 Å². The van der Waals surface area contributed by atoms with E-state index in [2.05, 4.69) is 0 Å². The molecule has 0 aliphatic carbocycles. The van der Waals surface area contributed by atoms with Gasteiger partial charge in [-0.3, -0.25) is 4.79 Å². The molecule has 1 heterocycles. The Balaban J connectivity index is 3.31. The van der Waals surface area contributed by atoms with Crippen molar-refractivity contribution in [2.45, 2.75) is 46.6 Å². The van der Waals surface area contributed by atoms with Crippen LogP contribution in [0.25, 0.3) is 0 Å². The van der Waals surface area contributed by atoms with Crippen LogP contribution in [0, 0.1) is 5.41 Å². The van der Waals surface area contributed by atoms with Crippen LogP contribution in [-0.4, -0.2) is 19.3 Å². The van der Waals surface area contributed by atoms with E-state index in [1.54, 1.807) is 0 Å². The molecule has 5 nitrogen and oxygen atoms in total. The Hall–Kier alpha value is -1.11. The van der Waals surface area contributed by atoms with E-state index in [9.17, 15) is 9.90 Å². The third-order valence-electron chi connectivity index (χ3n) is 2.61. The smallest absolute Gasteiger partial charge is 0.227 e. The lowest BCUT2D eigenvalue weighted by molar-refractivity contribution is 0.0601. The second-order valence-electron chi connectivity index (χ2n) is 5.87. The molecule has 1 unspecified atom stereocenters. The first-order valence-electron chi connectivity index (χ1n) is 6.29. The highest BCUT2D eigenvalue weighted by atomic mass is 28.3. The van der Waals surface area contributed by atoms with Crippen molar-refractivity contribution in [1.29, 1.82) is 0 Å². The largest absolute Gasteiger partial charge is 0.502 e. The molecule has 1 atom stereocenters. The highest BCUT2D eigenvalue weighted by Crippen LogP contribution is 2.37. The van der Waals surface area contributed by atoms with Crippen LogP contribution in [0.15, 0.2) is 15.3 Å². The summed E-state index contributed by atoms with van der Waals surface area (Å²) in [5.74, 6) is -0.313. The summed E-state index contributed by atoms with van der Waals surface area (Å²) in [7, 11) is -1.34. The summed E-state index contributed by atoms with van der Waals surface area (Å²) in [6.45, 7) is 9.50. The molecule has 0 aliphatic rings. The van der Waals surface area contributed by atoms with Gasteiger partial charge in [-0.2, -0.15) is 0 Å². The second-order valence-corrected chi connectivity index (χ2v) is 8.24. The van der Waals surface area contributed by atoms with Gasteiger partial charge in [0.05, 0.1) is 0 Å². The zero-order valence-corrected chi connectivity index (χ0v) is 13.2. The Kier molecular flexibility index (Phi) is 4.95. The predicted octanol–water partition coefficient (Wildman–Crippen LogP) is 1.92. The van der Waals surface area contributed by atoms with Crippen molar-refractivity contribution in [1.82, 2.24) is 0 Å². The number of hydrogen-bond acceptors (Lipinski definition) is 5. The minimum atomic E-state index is -1.34. The van der Waals surface area contributed by atoms with E-state index in [0.717, 1.165) is 0 Å². The lowest BCUT2D eigenvalue weighted by Crippen LogP contribution is -2.27. The molecule has 0 saturated heterocycles. The van der Waals surface area contributed by atoms with Gasteiger partial charge < -0.3 is 19.1 Å². The highest BCUT2D eigenvalue weighted by molar-refractivity contribution is 6.48. The van der Waals surface area contributed by atoms with E-state index >= 15 is 0 Å². The van der Waals surface area contributed by atoms with Crippen LogP contribution in [0.2, 0.25) is 13.1 Å². The van der Waals surface area contributed by atoms with Crippen LogP contribution in [0.5, 0.6) is 5.75 Å². The molecule has 1 aromatic heterocycles. The molecule has 0 radical (unpaired) electrons. The van der Waals surface area contributed by atoms with E-state index in [-0.39, 0.29) is 17.3 Å². The maximum Gasteiger partial charge on any atom is 0.227 e. The Morgan fingerprint density at radius 2 is 2.00 bits per heavy atom. The first-order chi connectivity index (χ1) is 8.66. The number of aliphatic hydroxyl groups is 1. The summed E-state index contributed by atoms with van der Waals surface area (Å²) in [5, 5.41) is 18.6. The molecule has 1 aromatic rings. The summed E-state index contributed by atoms with van der Waals surface area (Å²) in [5.41, 5.74) is -0.815. The molecule has 0 aliphatic heterocycles. The first kappa shape index (κ1) is 15.9. The molecule has 0 saturated carbocycles. The lowest BCUT2D eigenvalue weighted by Gasteiger charge is -2.31. The van der Waals surface area contributed by atoms with Crippen molar-refractivity contribution >= 4 is 9.04 Å². The van der Waals surface area contributed by atoms with Crippen LogP contribution < -0.4 is 5.43 Å². The van der Waals surface area contributed by atoms with Gasteiger partial charge in [0.1, 0.15) is 18.5 Å². The molecular formula is C13H22O5Si. The number of aromatic hydroxyl groups is 1. The van der Waals surface area contributed by atoms with Crippen LogP contribution in [0.1, 0.15) is 38.4 Å². The third kappa shape index (κ3) is 3.92. The molecule has 108 valence electrons. The Morgan fingerprint density at radius 3 is 2.42 bits per heavy atom. The third-order valence-corrected chi connectivity index (χ3v) is 3.43. The van der Waals surface area contributed by atoms with E-state index in [0.29, 0.717) is 5.76 Å². The molecule has 0 aromatic carbocycles. The molecule has 1 rings (SSSR count). The summed E-state index contributed by atoms with van der Waals surface area (Å²) >= 11 is 0. The van der Waals surface area contributed by atoms with Gasteiger partial charge in [-0.05, 0) is 18.5 Å². The predicted molar refractivity (Wildman–Crippen MR) is 74.7 cm³/mol. The van der Waals surface area contributed by atoms with Gasteiger partial charge in [0.25, 0.3) is 0 Å². The molecule has 6 heteroatoms. The molecule has 19 heavy (non-hydrogen) atoms. The topological polar surface area (TPSA) is 79.9 Å². The van der Waals surface area contributed by atoms with E-state index in [1.807, 2.05) is 33.9 Å². The number of aliphatic hydroxyl groups excluding tert-OH is 1. The maximum absolute atomic E-state index is 11.7. The molecule has 0 spiro atoms. The maximum atomic E-state index is 11.7. The normalized spacial score (nSPS) is 13.8. The molecule has 2 N–H and O–H groups in total. The van der Waals surface area contributed by atoms with Gasteiger partial charge in [-0.1, -0.05) is 20.8 Å². The zero-order valence-electron chi connectivity index (χ0n) is 12.1. The van der Waals surface area contributed by atoms with E-state index < -0.39 is 26.8 Å². The monoisotopic (exact) mass is 286 g/mol. The number of rotatable bonds is 4. The van der Waals surface area contributed by atoms with Crippen molar-refractivity contribution in [3.63, 3.8) is 0 Å². The van der Waals surface area contributed by atoms with Gasteiger partial charge in [0, 0.05) is 6.07 Å². The van der Waals surface area contributed by atoms with E-state index in [4.69, 9.17) is 13.9 Å². The Bertz CT molecular complexity index is 487. The van der Waals surface area contributed by atoms with Crippen molar-refractivity contribution in [3.05, 3.63) is 27.8 Å². The fourth-order valence-corrected chi connectivity index (χ4v) is 2.85. The molecule has 0 amide bonds. The fraction of sp³-hybridized carbons (Fsp3) is 0.615. The minimum absolute atomic E-state index is 0.120. The average molecular weight is 286 g/mol. The quantitative estimate of drug-likeness (QED) is 0.827. The van der Waals surface area contributed by atoms with Gasteiger partial charge in [-0.25, -0.2) is 0 Å². The zero-order chi connectivity index (χ0) is 14.8. The molecule has 0 bridgehead atoms. The average Bonchev–Trinajstić information content (AvgIpc) is 2.28. The van der Waals surface area contributed by atoms with Crippen LogP contribution >= 0.6 is 0 Å². The summed E-state index contributed by atoms with van der Waals surface area (Å²) in [4.78, 5) is 11.7. The van der Waals surface area contributed by atoms with Gasteiger partial charge >= 0.3 is 0 Å². The van der Waals surface area contributed by atoms with Crippen LogP contribution in [-0.2, 0) is 11.0 Å². The van der Waals surface area contributed by atoms with Crippen molar-refractivity contribution in [2.75, 3.05) is 0 Å². The second kappa shape index (κ2) is 5.90. The summed E-state index contributed by atoms with van der Waals surface area (Å²) in [6.07, 6.45) is -0.377. The minimum Gasteiger partial charge on any atom is -0.502 e. The van der Waals surface area contributed by atoms with Crippen molar-refractivity contribution in [2.24, 2.45) is 5.41 Å². The van der Waals surface area contributed by atoms with Gasteiger partial charge in [0.2, 0.25) is 11.2 Å². The molecular weight excluding hydrogens is 264 g/mol. The standard InChI is InChI=1S/C13H22O5Si/c1-13(2,3)12(18-19(4)5)9-6-8(15)11(16)10(7-14)17-9/h6,12,14,16,19H,7H2,1-5H3. The fourth-order valence-electron chi connectivity index (χ4n) is 1.76. The molecule has 0 fully saturated rings. The summed E-state index contributed by atoms with van der Waals surface area (Å²) in [6, 6.07) is 1.24. The number of hydrogen-bond donors (Lipinski definition) is 2. The lowest BCUT2D eigenvalue weighted by atomic mass is 9.87. The van der Waals surface area contributed by atoms with Crippen molar-refractivity contribution in [3.8, 4) is 5.75 Å².